The predicted octanol–water partition coefficient (Wildman–Crippen LogP) is 5.14. The zero-order chi connectivity index (χ0) is 17.1. The van der Waals surface area contributed by atoms with Crippen LogP contribution in [0.15, 0.2) is 59.6 Å². The van der Waals surface area contributed by atoms with Crippen LogP contribution in [-0.2, 0) is 4.79 Å². The highest BCUT2D eigenvalue weighted by Gasteiger charge is 2.16. The number of anilines is 1. The number of hydrogen-bond donors (Lipinski definition) is 1. The number of aliphatic carboxylic acids is 1. The molecule has 7 heteroatoms. The van der Waals surface area contributed by atoms with Crippen molar-refractivity contribution in [3.05, 3.63) is 64.8 Å². The Labute approximate surface area is 153 Å². The van der Waals surface area contributed by atoms with Crippen LogP contribution in [0.4, 0.5) is 5.69 Å². The van der Waals surface area contributed by atoms with E-state index in [-0.39, 0.29) is 6.54 Å². The minimum absolute atomic E-state index is 0.190. The van der Waals surface area contributed by atoms with E-state index < -0.39 is 5.97 Å². The summed E-state index contributed by atoms with van der Waals surface area (Å²) in [5, 5.41) is 11.2. The first kappa shape index (κ1) is 16.9. The summed E-state index contributed by atoms with van der Waals surface area (Å²) in [6.07, 6.45) is 1.69. The van der Waals surface area contributed by atoms with Gasteiger partial charge in [-0.3, -0.25) is 14.1 Å². The van der Waals surface area contributed by atoms with Gasteiger partial charge in [-0.1, -0.05) is 41.4 Å². The van der Waals surface area contributed by atoms with Crippen molar-refractivity contribution in [1.82, 2.24) is 4.98 Å². The van der Waals surface area contributed by atoms with Gasteiger partial charge in [0, 0.05) is 26.5 Å². The summed E-state index contributed by atoms with van der Waals surface area (Å²) in [5.74, 6) is -0.941. The van der Waals surface area contributed by atoms with Crippen molar-refractivity contribution in [3.63, 3.8) is 0 Å². The van der Waals surface area contributed by atoms with E-state index in [0.29, 0.717) is 10.0 Å². The van der Waals surface area contributed by atoms with E-state index in [1.54, 1.807) is 28.7 Å². The fourth-order valence-electron chi connectivity index (χ4n) is 2.29. The van der Waals surface area contributed by atoms with Gasteiger partial charge in [-0.05, 0) is 42.3 Å². The molecular weight excluding hydrogens is 367 g/mol. The monoisotopic (exact) mass is 378 g/mol. The van der Waals surface area contributed by atoms with E-state index in [1.165, 1.54) is 11.9 Å². The van der Waals surface area contributed by atoms with Gasteiger partial charge < -0.3 is 5.11 Å². The molecule has 2 aromatic carbocycles. The molecule has 0 saturated heterocycles. The molecule has 0 fully saturated rings. The fourth-order valence-corrected chi connectivity index (χ4v) is 3.98. The van der Waals surface area contributed by atoms with Crippen molar-refractivity contribution >= 4 is 57.7 Å². The molecule has 122 valence electrons. The summed E-state index contributed by atoms with van der Waals surface area (Å²) in [6.45, 7) is -0.190. The Morgan fingerprint density at radius 3 is 2.54 bits per heavy atom. The number of rotatable bonds is 5. The fraction of sp³-hybridized carbons (Fsp3) is 0.0588. The summed E-state index contributed by atoms with van der Waals surface area (Å²) >= 11 is 13.3. The third-order valence-corrected chi connectivity index (χ3v) is 4.64. The topological polar surface area (TPSA) is 53.4 Å². The van der Waals surface area contributed by atoms with Crippen molar-refractivity contribution in [1.29, 1.82) is 0 Å². The van der Waals surface area contributed by atoms with Crippen LogP contribution >= 0.6 is 35.1 Å². The number of benzene rings is 2. The average molecular weight is 379 g/mol. The number of halogens is 2. The van der Waals surface area contributed by atoms with Crippen molar-refractivity contribution in [3.8, 4) is 0 Å². The van der Waals surface area contributed by atoms with Crippen LogP contribution in [0.3, 0.4) is 0 Å². The third-order valence-electron chi connectivity index (χ3n) is 3.21. The highest BCUT2D eigenvalue weighted by atomic mass is 35.5. The maximum atomic E-state index is 11.3. The van der Waals surface area contributed by atoms with Gasteiger partial charge >= 0.3 is 5.97 Å². The van der Waals surface area contributed by atoms with Gasteiger partial charge in [-0.25, -0.2) is 0 Å². The molecule has 0 bridgehead atoms. The Balaban J connectivity index is 2.04. The number of aromatic nitrogens is 1. The Morgan fingerprint density at radius 1 is 1.12 bits per heavy atom. The number of para-hydroxylation sites is 1. The third kappa shape index (κ3) is 3.93. The second-order valence-corrected chi connectivity index (χ2v) is 6.95. The van der Waals surface area contributed by atoms with Crippen molar-refractivity contribution in [2.24, 2.45) is 0 Å². The molecule has 0 saturated carbocycles. The Bertz CT molecular complexity index is 879. The van der Waals surface area contributed by atoms with Crippen LogP contribution in [0.1, 0.15) is 0 Å². The maximum Gasteiger partial charge on any atom is 0.324 e. The van der Waals surface area contributed by atoms with E-state index in [9.17, 15) is 9.90 Å². The summed E-state index contributed by atoms with van der Waals surface area (Å²) in [7, 11) is 0. The van der Waals surface area contributed by atoms with Gasteiger partial charge in [0.05, 0.1) is 11.2 Å². The largest absolute Gasteiger partial charge is 0.480 e. The van der Waals surface area contributed by atoms with E-state index in [0.717, 1.165) is 21.5 Å². The first-order chi connectivity index (χ1) is 11.5. The van der Waals surface area contributed by atoms with Gasteiger partial charge in [0.1, 0.15) is 6.54 Å². The number of nitrogens with zero attached hydrogens (tertiary/aromatic N) is 2. The van der Waals surface area contributed by atoms with Gasteiger partial charge in [-0.15, -0.1) is 0 Å². The predicted molar refractivity (Wildman–Crippen MR) is 99.0 cm³/mol. The number of hydrogen-bond acceptors (Lipinski definition) is 4. The minimum Gasteiger partial charge on any atom is -0.480 e. The lowest BCUT2D eigenvalue weighted by Crippen LogP contribution is -2.23. The lowest BCUT2D eigenvalue weighted by molar-refractivity contribution is -0.135. The van der Waals surface area contributed by atoms with E-state index in [2.05, 4.69) is 4.98 Å². The van der Waals surface area contributed by atoms with Crippen molar-refractivity contribution < 1.29 is 9.90 Å². The quantitative estimate of drug-likeness (QED) is 0.622. The second kappa shape index (κ2) is 7.30. The molecule has 0 spiro atoms. The highest BCUT2D eigenvalue weighted by Crippen LogP contribution is 2.35. The molecule has 0 amide bonds. The smallest absolute Gasteiger partial charge is 0.324 e. The average Bonchev–Trinajstić information content (AvgIpc) is 2.52. The number of carboxylic acid groups (broad SMARTS) is 1. The van der Waals surface area contributed by atoms with Crippen LogP contribution in [0.5, 0.6) is 0 Å². The molecule has 0 radical (unpaired) electrons. The standard InChI is InChI=1S/C17H12Cl2N2O2S/c18-12-7-13(19)9-14(8-12)24-21(10-16(22)23)15-5-1-3-11-4-2-6-20-17(11)15/h1-9H,10H2,(H,22,23). The first-order valence-corrected chi connectivity index (χ1v) is 8.53. The molecule has 1 heterocycles. The van der Waals surface area contributed by atoms with Crippen LogP contribution in [0.25, 0.3) is 10.9 Å². The van der Waals surface area contributed by atoms with Crippen LogP contribution in [0, 0.1) is 0 Å². The van der Waals surface area contributed by atoms with Gasteiger partial charge in [0.2, 0.25) is 0 Å². The van der Waals surface area contributed by atoms with Gasteiger partial charge in [-0.2, -0.15) is 0 Å². The molecular formula is C17H12Cl2N2O2S. The van der Waals surface area contributed by atoms with E-state index in [4.69, 9.17) is 23.2 Å². The molecule has 0 atom stereocenters. The first-order valence-electron chi connectivity index (χ1n) is 7.00. The zero-order valence-corrected chi connectivity index (χ0v) is 14.6. The van der Waals surface area contributed by atoms with Crippen molar-refractivity contribution in [2.45, 2.75) is 4.90 Å². The molecule has 3 aromatic rings. The van der Waals surface area contributed by atoms with E-state index >= 15 is 0 Å². The maximum absolute atomic E-state index is 11.3. The SMILES string of the molecule is O=C(O)CN(Sc1cc(Cl)cc(Cl)c1)c1cccc2cccnc12. The number of carboxylic acids is 1. The summed E-state index contributed by atoms with van der Waals surface area (Å²) in [5.41, 5.74) is 1.46. The second-order valence-electron chi connectivity index (χ2n) is 4.98. The van der Waals surface area contributed by atoms with Gasteiger partial charge in [0.25, 0.3) is 0 Å². The molecule has 1 N–H and O–H groups in total. The van der Waals surface area contributed by atoms with Crippen LogP contribution < -0.4 is 4.31 Å². The van der Waals surface area contributed by atoms with Crippen LogP contribution in [0.2, 0.25) is 10.0 Å². The summed E-state index contributed by atoms with van der Waals surface area (Å²) < 4.78 is 1.67. The molecule has 1 aromatic heterocycles. The number of fused-ring (bicyclic) bond motifs is 1. The Morgan fingerprint density at radius 2 is 1.83 bits per heavy atom. The zero-order valence-electron chi connectivity index (χ0n) is 12.3. The Kier molecular flexibility index (Phi) is 5.14. The molecule has 0 aliphatic heterocycles. The molecule has 0 aliphatic carbocycles. The summed E-state index contributed by atoms with van der Waals surface area (Å²) in [4.78, 5) is 16.5. The summed E-state index contributed by atoms with van der Waals surface area (Å²) in [6, 6.07) is 14.6. The molecule has 0 aliphatic rings. The highest BCUT2D eigenvalue weighted by molar-refractivity contribution is 8.00. The molecule has 24 heavy (non-hydrogen) atoms. The lowest BCUT2D eigenvalue weighted by atomic mass is 10.2. The normalized spacial score (nSPS) is 10.8. The molecule has 0 unspecified atom stereocenters. The molecule has 3 rings (SSSR count). The Hall–Kier alpha value is -1.95. The number of pyridine rings is 1. The molecule has 4 nitrogen and oxygen atoms in total. The van der Waals surface area contributed by atoms with E-state index in [1.807, 2.05) is 30.3 Å². The lowest BCUT2D eigenvalue weighted by Gasteiger charge is -2.22. The van der Waals surface area contributed by atoms with Crippen LogP contribution in [-0.4, -0.2) is 22.6 Å². The number of carbonyl (C=O) groups is 1. The van der Waals surface area contributed by atoms with Gasteiger partial charge in [0.15, 0.2) is 0 Å². The van der Waals surface area contributed by atoms with Crippen molar-refractivity contribution in [2.75, 3.05) is 10.8 Å². The minimum atomic E-state index is -0.941.